The zero-order chi connectivity index (χ0) is 9.68. The minimum absolute atomic E-state index is 0.104. The van der Waals surface area contributed by atoms with E-state index in [4.69, 9.17) is 16.7 Å². The molecule has 0 saturated carbocycles. The van der Waals surface area contributed by atoms with Gasteiger partial charge in [-0.05, 0) is 24.6 Å². The Morgan fingerprint density at radius 1 is 1.46 bits per heavy atom. The van der Waals surface area contributed by atoms with Crippen LogP contribution in [0.5, 0.6) is 0 Å². The molecule has 0 aromatic heterocycles. The lowest BCUT2D eigenvalue weighted by molar-refractivity contribution is 0.305. The van der Waals surface area contributed by atoms with E-state index >= 15 is 0 Å². The van der Waals surface area contributed by atoms with Crippen molar-refractivity contribution in [3.63, 3.8) is 0 Å². The standard InChI is InChI=1S/C11H11ClO/c1-9-5-6-11(12)8-10(9)4-2-3-7-13/h5-6,8,13H,3,7H2,1H3. The molecular weight excluding hydrogens is 184 g/mol. The van der Waals surface area contributed by atoms with Crippen LogP contribution in [-0.4, -0.2) is 11.7 Å². The number of aliphatic hydroxyl groups excluding tert-OH is 1. The Morgan fingerprint density at radius 2 is 2.23 bits per heavy atom. The van der Waals surface area contributed by atoms with E-state index in [1.54, 1.807) is 0 Å². The van der Waals surface area contributed by atoms with Gasteiger partial charge in [0.25, 0.3) is 0 Å². The molecule has 0 amide bonds. The zero-order valence-electron chi connectivity index (χ0n) is 7.47. The second-order valence-electron chi connectivity index (χ2n) is 2.73. The van der Waals surface area contributed by atoms with Crippen LogP contribution in [0.4, 0.5) is 0 Å². The van der Waals surface area contributed by atoms with Gasteiger partial charge >= 0.3 is 0 Å². The molecule has 0 spiro atoms. The van der Waals surface area contributed by atoms with E-state index in [2.05, 4.69) is 11.8 Å². The van der Waals surface area contributed by atoms with Gasteiger partial charge in [-0.2, -0.15) is 0 Å². The van der Waals surface area contributed by atoms with Crippen molar-refractivity contribution in [2.24, 2.45) is 0 Å². The van der Waals surface area contributed by atoms with Gasteiger partial charge in [-0.1, -0.05) is 29.5 Å². The van der Waals surface area contributed by atoms with Crippen molar-refractivity contribution in [1.82, 2.24) is 0 Å². The van der Waals surface area contributed by atoms with Crippen molar-refractivity contribution in [3.05, 3.63) is 34.3 Å². The highest BCUT2D eigenvalue weighted by Gasteiger charge is 1.94. The SMILES string of the molecule is Cc1ccc(Cl)cc1C#CCCO. The van der Waals surface area contributed by atoms with Crippen LogP contribution in [0.2, 0.25) is 5.02 Å². The van der Waals surface area contributed by atoms with Gasteiger partial charge in [-0.25, -0.2) is 0 Å². The van der Waals surface area contributed by atoms with E-state index in [0.717, 1.165) is 11.1 Å². The van der Waals surface area contributed by atoms with Crippen molar-refractivity contribution >= 4 is 11.6 Å². The largest absolute Gasteiger partial charge is 0.395 e. The Balaban J connectivity index is 2.89. The van der Waals surface area contributed by atoms with Gasteiger partial charge in [0.05, 0.1) is 6.61 Å². The Kier molecular flexibility index (Phi) is 3.82. The molecule has 0 fully saturated rings. The smallest absolute Gasteiger partial charge is 0.0540 e. The van der Waals surface area contributed by atoms with Gasteiger partial charge in [-0.3, -0.25) is 0 Å². The molecule has 13 heavy (non-hydrogen) atoms. The van der Waals surface area contributed by atoms with Crippen LogP contribution in [-0.2, 0) is 0 Å². The number of rotatable bonds is 1. The van der Waals surface area contributed by atoms with E-state index < -0.39 is 0 Å². The third-order valence-corrected chi connectivity index (χ3v) is 1.89. The summed E-state index contributed by atoms with van der Waals surface area (Å²) in [5, 5.41) is 9.23. The Morgan fingerprint density at radius 3 is 2.92 bits per heavy atom. The fourth-order valence-corrected chi connectivity index (χ4v) is 1.11. The lowest BCUT2D eigenvalue weighted by atomic mass is 10.1. The van der Waals surface area contributed by atoms with Crippen LogP contribution >= 0.6 is 11.6 Å². The molecule has 0 bridgehead atoms. The summed E-state index contributed by atoms with van der Waals surface area (Å²) in [6.07, 6.45) is 0.506. The third-order valence-electron chi connectivity index (χ3n) is 1.66. The minimum atomic E-state index is 0.104. The second-order valence-corrected chi connectivity index (χ2v) is 3.17. The topological polar surface area (TPSA) is 20.2 Å². The van der Waals surface area contributed by atoms with Crippen molar-refractivity contribution in [2.75, 3.05) is 6.61 Å². The molecular formula is C11H11ClO. The molecule has 0 heterocycles. The van der Waals surface area contributed by atoms with Gasteiger partial charge in [-0.15, -0.1) is 0 Å². The van der Waals surface area contributed by atoms with Crippen LogP contribution in [0.15, 0.2) is 18.2 Å². The van der Waals surface area contributed by atoms with Gasteiger partial charge in [0, 0.05) is 17.0 Å². The van der Waals surface area contributed by atoms with Crippen molar-refractivity contribution in [3.8, 4) is 11.8 Å². The molecule has 1 aromatic carbocycles. The number of benzene rings is 1. The molecule has 68 valence electrons. The summed E-state index contributed by atoms with van der Waals surface area (Å²) < 4.78 is 0. The molecule has 1 aromatic rings. The van der Waals surface area contributed by atoms with E-state index in [0.29, 0.717) is 11.4 Å². The van der Waals surface area contributed by atoms with Crippen LogP contribution in [0.25, 0.3) is 0 Å². The highest BCUT2D eigenvalue weighted by Crippen LogP contribution is 2.14. The maximum Gasteiger partial charge on any atom is 0.0540 e. The first-order valence-corrected chi connectivity index (χ1v) is 4.47. The van der Waals surface area contributed by atoms with Crippen LogP contribution in [0.1, 0.15) is 17.5 Å². The predicted molar refractivity (Wildman–Crippen MR) is 54.8 cm³/mol. The summed E-state index contributed by atoms with van der Waals surface area (Å²) >= 11 is 5.81. The lowest BCUT2D eigenvalue weighted by Crippen LogP contribution is -1.82. The first-order chi connectivity index (χ1) is 6.24. The fraction of sp³-hybridized carbons (Fsp3) is 0.273. The average molecular weight is 195 g/mol. The van der Waals surface area contributed by atoms with E-state index in [-0.39, 0.29) is 6.61 Å². The first-order valence-electron chi connectivity index (χ1n) is 4.10. The number of aryl methyl sites for hydroxylation is 1. The molecule has 2 heteroatoms. The molecule has 0 saturated heterocycles. The zero-order valence-corrected chi connectivity index (χ0v) is 8.23. The molecule has 0 aliphatic heterocycles. The van der Waals surface area contributed by atoms with Crippen LogP contribution in [0, 0.1) is 18.8 Å². The van der Waals surface area contributed by atoms with Crippen LogP contribution < -0.4 is 0 Å². The first kappa shape index (κ1) is 10.1. The average Bonchev–Trinajstić information content (AvgIpc) is 2.11. The maximum atomic E-state index is 8.54. The Bertz CT molecular complexity index is 347. The van der Waals surface area contributed by atoms with E-state index in [1.807, 2.05) is 25.1 Å². The molecule has 0 unspecified atom stereocenters. The van der Waals surface area contributed by atoms with Crippen LogP contribution in [0.3, 0.4) is 0 Å². The Hall–Kier alpha value is -0.970. The van der Waals surface area contributed by atoms with Gasteiger partial charge in [0.15, 0.2) is 0 Å². The summed E-state index contributed by atoms with van der Waals surface area (Å²) in [7, 11) is 0. The number of aliphatic hydroxyl groups is 1. The van der Waals surface area contributed by atoms with Crippen molar-refractivity contribution in [1.29, 1.82) is 0 Å². The monoisotopic (exact) mass is 194 g/mol. The maximum absolute atomic E-state index is 8.54. The van der Waals surface area contributed by atoms with Gasteiger partial charge < -0.3 is 5.11 Å². The quantitative estimate of drug-likeness (QED) is 0.681. The number of hydrogen-bond acceptors (Lipinski definition) is 1. The minimum Gasteiger partial charge on any atom is -0.395 e. The molecule has 0 aliphatic rings. The highest BCUT2D eigenvalue weighted by atomic mass is 35.5. The molecule has 0 aliphatic carbocycles. The fourth-order valence-electron chi connectivity index (χ4n) is 0.943. The summed E-state index contributed by atoms with van der Waals surface area (Å²) in [5.74, 6) is 5.82. The van der Waals surface area contributed by atoms with Gasteiger partial charge in [0.1, 0.15) is 0 Å². The summed E-state index contributed by atoms with van der Waals surface area (Å²) in [6.45, 7) is 2.09. The normalized spacial score (nSPS) is 9.15. The molecule has 1 N–H and O–H groups in total. The molecule has 0 atom stereocenters. The Labute approximate surface area is 83.4 Å². The van der Waals surface area contributed by atoms with Crippen molar-refractivity contribution in [2.45, 2.75) is 13.3 Å². The predicted octanol–water partition coefficient (Wildman–Crippen LogP) is 2.38. The van der Waals surface area contributed by atoms with Gasteiger partial charge in [0.2, 0.25) is 0 Å². The van der Waals surface area contributed by atoms with Crippen molar-refractivity contribution < 1.29 is 5.11 Å². The summed E-state index contributed by atoms with van der Waals surface area (Å²) in [6, 6.07) is 5.61. The van der Waals surface area contributed by atoms with E-state index in [9.17, 15) is 0 Å². The third kappa shape index (κ3) is 3.10. The lowest BCUT2D eigenvalue weighted by Gasteiger charge is -1.97. The molecule has 1 rings (SSSR count). The second kappa shape index (κ2) is 4.91. The molecule has 0 radical (unpaired) electrons. The number of hydrogen-bond donors (Lipinski definition) is 1. The number of halogens is 1. The molecule has 1 nitrogen and oxygen atoms in total. The highest BCUT2D eigenvalue weighted by molar-refractivity contribution is 6.30. The summed E-state index contributed by atoms with van der Waals surface area (Å²) in [4.78, 5) is 0. The van der Waals surface area contributed by atoms with E-state index in [1.165, 1.54) is 0 Å². The summed E-state index contributed by atoms with van der Waals surface area (Å²) in [5.41, 5.74) is 2.04.